The van der Waals surface area contributed by atoms with Crippen LogP contribution >= 0.6 is 45.8 Å². The Bertz CT molecular complexity index is 2970. The number of hydrogen-bond acceptors (Lipinski definition) is 12. The van der Waals surface area contributed by atoms with E-state index >= 15 is 0 Å². The molecule has 1 aliphatic heterocycles. The number of rotatable bonds is 8. The van der Waals surface area contributed by atoms with Gasteiger partial charge in [-0.1, -0.05) is 143 Å². The highest BCUT2D eigenvalue weighted by Gasteiger charge is 2.39. The van der Waals surface area contributed by atoms with Crippen LogP contribution in [0.1, 0.15) is 33.2 Å². The van der Waals surface area contributed by atoms with Gasteiger partial charge in [-0.2, -0.15) is 0 Å². The number of benzene rings is 4. The van der Waals surface area contributed by atoms with E-state index in [0.717, 1.165) is 95.7 Å². The normalized spacial score (nSPS) is 13.8. The molecule has 0 saturated heterocycles. The molecular formula is C49H30N8S4. The van der Waals surface area contributed by atoms with Gasteiger partial charge in [-0.15, -0.1) is 0 Å². The fourth-order valence-electron chi connectivity index (χ4n) is 8.20. The molecule has 1 aliphatic rings. The van der Waals surface area contributed by atoms with Gasteiger partial charge in [-0.25, -0.2) is 34.9 Å². The highest BCUT2D eigenvalue weighted by molar-refractivity contribution is 8.00. The van der Waals surface area contributed by atoms with Gasteiger partial charge in [0.25, 0.3) is 0 Å². The molecule has 290 valence electrons. The zero-order valence-corrected chi connectivity index (χ0v) is 35.3. The van der Waals surface area contributed by atoms with E-state index in [0.29, 0.717) is 0 Å². The molecule has 0 aliphatic carbocycles. The first-order valence-electron chi connectivity index (χ1n) is 19.6. The van der Waals surface area contributed by atoms with Gasteiger partial charge in [0.05, 0.1) is 11.1 Å². The van der Waals surface area contributed by atoms with Gasteiger partial charge in [0.15, 0.2) is 0 Å². The molecule has 0 saturated carbocycles. The molecule has 11 aromatic rings. The zero-order valence-electron chi connectivity index (χ0n) is 32.0. The van der Waals surface area contributed by atoms with Gasteiger partial charge < -0.3 is 5.32 Å². The van der Waals surface area contributed by atoms with Gasteiger partial charge >= 0.3 is 0 Å². The summed E-state index contributed by atoms with van der Waals surface area (Å²) in [4.78, 5) is 35.9. The molecule has 0 amide bonds. The number of nitrogens with zero attached hydrogens (tertiary/aromatic N) is 7. The minimum atomic E-state index is -0.728. The number of pyridine rings is 4. The van der Waals surface area contributed by atoms with E-state index in [1.807, 2.05) is 67.3 Å². The lowest BCUT2D eigenvalue weighted by Gasteiger charge is -2.37. The number of fused-ring (bicyclic) bond motifs is 4. The predicted molar refractivity (Wildman–Crippen MR) is 250 cm³/mol. The van der Waals surface area contributed by atoms with Crippen molar-refractivity contribution in [1.29, 1.82) is 0 Å². The minimum absolute atomic E-state index is 0.0566. The Morgan fingerprint density at radius 3 is 1.18 bits per heavy atom. The van der Waals surface area contributed by atoms with Crippen LogP contribution in [0.3, 0.4) is 0 Å². The van der Waals surface area contributed by atoms with E-state index in [2.05, 4.69) is 128 Å². The summed E-state index contributed by atoms with van der Waals surface area (Å²) in [6, 6.07) is 51.8. The summed E-state index contributed by atoms with van der Waals surface area (Å²) in [6.07, 6.45) is 7.32. The van der Waals surface area contributed by atoms with Crippen molar-refractivity contribution < 1.29 is 0 Å². The maximum absolute atomic E-state index is 4.94. The summed E-state index contributed by atoms with van der Waals surface area (Å²) >= 11 is 6.58. The van der Waals surface area contributed by atoms with E-state index < -0.39 is 5.41 Å². The summed E-state index contributed by atoms with van der Waals surface area (Å²) in [7, 11) is 0. The number of thiazole rings is 3. The molecule has 12 rings (SSSR count). The molecule has 1 N–H and O–H groups in total. The van der Waals surface area contributed by atoms with Crippen molar-refractivity contribution in [3.05, 3.63) is 198 Å². The third-order valence-corrected chi connectivity index (χ3v) is 15.4. The molecule has 0 fully saturated rings. The number of aromatic nitrogens is 7. The summed E-state index contributed by atoms with van der Waals surface area (Å²) in [5, 5.41) is 7.57. The van der Waals surface area contributed by atoms with Crippen molar-refractivity contribution in [3.63, 3.8) is 0 Å². The van der Waals surface area contributed by atoms with Crippen LogP contribution in [0.5, 0.6) is 0 Å². The van der Waals surface area contributed by atoms with Crippen molar-refractivity contribution in [1.82, 2.24) is 34.9 Å². The van der Waals surface area contributed by atoms with Crippen LogP contribution in [-0.4, -0.2) is 34.9 Å². The van der Waals surface area contributed by atoms with E-state index in [-0.39, 0.29) is 5.37 Å². The second kappa shape index (κ2) is 14.8. The van der Waals surface area contributed by atoms with Crippen LogP contribution in [-0.2, 0) is 5.41 Å². The van der Waals surface area contributed by atoms with Crippen LogP contribution in [0, 0.1) is 0 Å². The standard InChI is InChI=1S/C49H30N8S4/c1-5-37-45(50-25-1)58-41(54-37)29-9-17-33(18-10-29)49(34-19-11-30(12-20-34)42-55-38-6-2-26-51-46(38)59-42,35-21-13-31(14-22-35)43-56-39-7-3-27-52-47(39)60-43)36-23-15-32(16-24-36)44-57-40-8-4-28-53-48(40)61-44/h1-28,41,54H. The Labute approximate surface area is 366 Å². The Morgan fingerprint density at radius 1 is 0.410 bits per heavy atom. The quantitative estimate of drug-likeness (QED) is 0.150. The largest absolute Gasteiger partial charge is 0.367 e. The second-order valence-corrected chi connectivity index (χ2v) is 18.7. The lowest BCUT2D eigenvalue weighted by molar-refractivity contribution is 0.744. The number of anilines is 1. The fourth-order valence-corrected chi connectivity index (χ4v) is 12.0. The van der Waals surface area contributed by atoms with Gasteiger partial charge in [0.1, 0.15) is 56.5 Å². The van der Waals surface area contributed by atoms with Crippen molar-refractivity contribution in [2.24, 2.45) is 0 Å². The third kappa shape index (κ3) is 6.29. The Balaban J connectivity index is 1.03. The molecule has 0 radical (unpaired) electrons. The first-order chi connectivity index (χ1) is 30.2. The average Bonchev–Trinajstić information content (AvgIpc) is 4.15. The first-order valence-corrected chi connectivity index (χ1v) is 22.9. The molecule has 12 heteroatoms. The van der Waals surface area contributed by atoms with E-state index in [9.17, 15) is 0 Å². The van der Waals surface area contributed by atoms with Crippen LogP contribution in [0.15, 0.2) is 175 Å². The minimum Gasteiger partial charge on any atom is -0.367 e. The molecule has 7 aromatic heterocycles. The molecular weight excluding hydrogens is 829 g/mol. The lowest BCUT2D eigenvalue weighted by atomic mass is 9.65. The van der Waals surface area contributed by atoms with E-state index in [1.54, 1.807) is 45.8 Å². The van der Waals surface area contributed by atoms with Crippen LogP contribution in [0.4, 0.5) is 5.69 Å². The van der Waals surface area contributed by atoms with E-state index in [4.69, 9.17) is 15.0 Å². The number of thioether (sulfide) groups is 1. The van der Waals surface area contributed by atoms with Gasteiger partial charge in [-0.3, -0.25) is 0 Å². The summed E-state index contributed by atoms with van der Waals surface area (Å²) in [5.41, 5.74) is 11.9. The predicted octanol–water partition coefficient (Wildman–Crippen LogP) is 12.7. The van der Waals surface area contributed by atoms with Gasteiger partial charge in [0.2, 0.25) is 0 Å². The van der Waals surface area contributed by atoms with E-state index in [1.165, 1.54) is 5.56 Å². The fraction of sp³-hybridized carbons (Fsp3) is 0.0408. The van der Waals surface area contributed by atoms with Gasteiger partial charge in [0, 0.05) is 41.5 Å². The molecule has 8 nitrogen and oxygen atoms in total. The third-order valence-electron chi connectivity index (χ3n) is 11.1. The molecule has 8 heterocycles. The Hall–Kier alpha value is -6.70. The monoisotopic (exact) mass is 858 g/mol. The Kier molecular flexibility index (Phi) is 8.77. The summed E-state index contributed by atoms with van der Waals surface area (Å²) in [6.45, 7) is 0. The number of nitrogens with one attached hydrogen (secondary N) is 1. The van der Waals surface area contributed by atoms with Gasteiger partial charge in [-0.05, 0) is 76.3 Å². The Morgan fingerprint density at radius 2 is 0.787 bits per heavy atom. The van der Waals surface area contributed by atoms with Crippen LogP contribution in [0.25, 0.3) is 62.8 Å². The molecule has 1 atom stereocenters. The highest BCUT2D eigenvalue weighted by Crippen LogP contribution is 2.49. The van der Waals surface area contributed by atoms with Crippen molar-refractivity contribution >= 4 is 82.5 Å². The number of hydrogen-bond donors (Lipinski definition) is 1. The topological polar surface area (TPSA) is 102 Å². The first kappa shape index (κ1) is 36.2. The van der Waals surface area contributed by atoms with Crippen LogP contribution < -0.4 is 5.32 Å². The SMILES string of the molecule is c1cnc2c(c1)NC(c1ccc(C(c3ccc(-c4nc5cccnc5s4)cc3)(c3ccc(-c4nc5cccnc5s4)cc3)c3ccc(-c4nc5cccnc5s4)cc3)cc1)S2. The lowest BCUT2D eigenvalue weighted by Crippen LogP contribution is -2.31. The smallest absolute Gasteiger partial charge is 0.143 e. The van der Waals surface area contributed by atoms with Crippen LogP contribution in [0.2, 0.25) is 0 Å². The summed E-state index contributed by atoms with van der Waals surface area (Å²) in [5.74, 6) is 0. The molecule has 1 unspecified atom stereocenters. The zero-order chi connectivity index (χ0) is 40.3. The molecule has 61 heavy (non-hydrogen) atoms. The summed E-state index contributed by atoms with van der Waals surface area (Å²) < 4.78 is 0. The molecule has 0 bridgehead atoms. The maximum Gasteiger partial charge on any atom is 0.143 e. The van der Waals surface area contributed by atoms with Crippen molar-refractivity contribution in [2.75, 3.05) is 5.32 Å². The highest BCUT2D eigenvalue weighted by atomic mass is 32.2. The van der Waals surface area contributed by atoms with Crippen molar-refractivity contribution in [3.8, 4) is 31.7 Å². The average molecular weight is 859 g/mol. The molecule has 4 aromatic carbocycles. The molecule has 0 spiro atoms. The maximum atomic E-state index is 4.94. The second-order valence-electron chi connectivity index (χ2n) is 14.6. The van der Waals surface area contributed by atoms with Crippen molar-refractivity contribution in [2.45, 2.75) is 15.8 Å².